The molecule has 0 saturated carbocycles. The summed E-state index contributed by atoms with van der Waals surface area (Å²) in [6.07, 6.45) is 0. The number of carbonyl (C=O) groups excluding carboxylic acids is 3. The second-order valence-electron chi connectivity index (χ2n) is 8.97. The largest absolute Gasteiger partial charge is 0.482 e. The van der Waals surface area contributed by atoms with Gasteiger partial charge in [0.25, 0.3) is 5.91 Å². The predicted molar refractivity (Wildman–Crippen MR) is 135 cm³/mol. The Bertz CT molecular complexity index is 1100. The van der Waals surface area contributed by atoms with Gasteiger partial charge in [-0.2, -0.15) is 0 Å². The zero-order valence-corrected chi connectivity index (χ0v) is 21.3. The van der Waals surface area contributed by atoms with Crippen molar-refractivity contribution in [3.05, 3.63) is 58.9 Å². The minimum atomic E-state index is -0.737. The fourth-order valence-corrected chi connectivity index (χ4v) is 4.19. The Morgan fingerprint density at radius 2 is 1.83 bits per heavy atom. The molecule has 194 valence electrons. The van der Waals surface area contributed by atoms with Gasteiger partial charge in [0.05, 0.1) is 5.69 Å². The van der Waals surface area contributed by atoms with Gasteiger partial charge in [-0.3, -0.25) is 14.5 Å². The Kier molecular flexibility index (Phi) is 9.11. The summed E-state index contributed by atoms with van der Waals surface area (Å²) >= 11 is 6.07. The summed E-state index contributed by atoms with van der Waals surface area (Å²) < 4.78 is 19.0. The van der Waals surface area contributed by atoms with Gasteiger partial charge in [-0.05, 0) is 49.7 Å². The second kappa shape index (κ2) is 12.0. The lowest BCUT2D eigenvalue weighted by molar-refractivity contribution is -0.139. The lowest BCUT2D eigenvalue weighted by Crippen LogP contribution is -2.58. The minimum Gasteiger partial charge on any atom is -0.482 e. The maximum atomic E-state index is 13.2. The van der Waals surface area contributed by atoms with E-state index in [1.807, 2.05) is 13.8 Å². The first-order chi connectivity index (χ1) is 17.0. The third-order valence-corrected chi connectivity index (χ3v) is 6.29. The van der Waals surface area contributed by atoms with Crippen molar-refractivity contribution in [2.75, 3.05) is 38.6 Å². The first-order valence-corrected chi connectivity index (χ1v) is 11.9. The summed E-state index contributed by atoms with van der Waals surface area (Å²) in [4.78, 5) is 41.6. The first kappa shape index (κ1) is 27.2. The van der Waals surface area contributed by atoms with Crippen LogP contribution < -0.4 is 15.8 Å². The molecule has 3 N–H and O–H groups in total. The number of hydrogen-bond donors (Lipinski definition) is 2. The summed E-state index contributed by atoms with van der Waals surface area (Å²) in [6.45, 7) is 5.41. The van der Waals surface area contributed by atoms with Crippen LogP contribution in [-0.4, -0.2) is 77.9 Å². The number of piperazine rings is 1. The number of anilines is 1. The molecule has 1 saturated heterocycles. The van der Waals surface area contributed by atoms with Crippen molar-refractivity contribution in [1.29, 1.82) is 0 Å². The molecule has 2 aromatic rings. The van der Waals surface area contributed by atoms with E-state index >= 15 is 0 Å². The lowest BCUT2D eigenvalue weighted by Gasteiger charge is -2.44. The predicted octanol–water partition coefficient (Wildman–Crippen LogP) is 2.93. The van der Waals surface area contributed by atoms with Crippen LogP contribution in [0.3, 0.4) is 0 Å². The molecular weight excluding hydrogens is 489 g/mol. The van der Waals surface area contributed by atoms with E-state index in [1.54, 1.807) is 29.2 Å². The molecule has 2 atom stereocenters. The van der Waals surface area contributed by atoms with Gasteiger partial charge in [-0.1, -0.05) is 23.7 Å². The molecule has 1 heterocycles. The molecule has 11 heteroatoms. The molecule has 1 aliphatic heterocycles. The summed E-state index contributed by atoms with van der Waals surface area (Å²) in [5, 5.41) is 3.00. The second-order valence-corrected chi connectivity index (χ2v) is 9.41. The number of benzene rings is 2. The first-order valence-electron chi connectivity index (χ1n) is 11.5. The molecule has 0 unspecified atom stereocenters. The van der Waals surface area contributed by atoms with Gasteiger partial charge in [0.15, 0.2) is 6.61 Å². The molecule has 0 radical (unpaired) electrons. The minimum absolute atomic E-state index is 0.0496. The quantitative estimate of drug-likeness (QED) is 0.557. The summed E-state index contributed by atoms with van der Waals surface area (Å²) in [6, 6.07) is 10.4. The molecule has 1 fully saturated rings. The Morgan fingerprint density at radius 3 is 2.50 bits per heavy atom. The van der Waals surface area contributed by atoms with Crippen LogP contribution in [0.1, 0.15) is 19.4 Å². The van der Waals surface area contributed by atoms with Crippen LogP contribution in [0.4, 0.5) is 14.9 Å². The van der Waals surface area contributed by atoms with E-state index in [2.05, 4.69) is 10.2 Å². The van der Waals surface area contributed by atoms with Crippen LogP contribution in [0.2, 0.25) is 5.02 Å². The van der Waals surface area contributed by atoms with Gasteiger partial charge in [0.2, 0.25) is 5.91 Å². The van der Waals surface area contributed by atoms with E-state index in [1.165, 1.54) is 25.2 Å². The van der Waals surface area contributed by atoms with Crippen molar-refractivity contribution < 1.29 is 23.5 Å². The number of urea groups is 1. The number of carbonyl (C=O) groups is 3. The van der Waals surface area contributed by atoms with Crippen LogP contribution in [0.5, 0.6) is 5.75 Å². The number of nitrogens with zero attached hydrogens (tertiary/aromatic N) is 3. The molecule has 2 aromatic carbocycles. The highest BCUT2D eigenvalue weighted by molar-refractivity contribution is 6.31. The molecule has 3 rings (SSSR count). The molecule has 0 bridgehead atoms. The molecule has 0 spiro atoms. The van der Waals surface area contributed by atoms with E-state index in [0.717, 1.165) is 10.5 Å². The number of amides is 4. The number of nitrogens with two attached hydrogens (primary N) is 1. The molecule has 1 aliphatic rings. The Hall–Kier alpha value is -3.37. The number of primary amides is 1. The standard InChI is InChI=1S/C25H31ClFN5O4/c1-16-12-32(17(2)11-31(16)13-18-4-7-20(27)8-5-18)24(34)15-36-22-9-6-19(26)10-21(22)29-23(33)14-30(3)25(28)35/h4-10,16-17H,11-15H2,1-3H3,(H2,28,35)(H,29,33)/t16-,17+/m1/s1. The topological polar surface area (TPSA) is 108 Å². The molecule has 0 aromatic heterocycles. The van der Waals surface area contributed by atoms with Gasteiger partial charge in [0, 0.05) is 43.8 Å². The summed E-state index contributed by atoms with van der Waals surface area (Å²) in [7, 11) is 1.40. The van der Waals surface area contributed by atoms with Crippen LogP contribution in [0.15, 0.2) is 42.5 Å². The molecule has 0 aliphatic carbocycles. The van der Waals surface area contributed by atoms with Crippen LogP contribution in [-0.2, 0) is 16.1 Å². The maximum Gasteiger partial charge on any atom is 0.314 e. The smallest absolute Gasteiger partial charge is 0.314 e. The van der Waals surface area contributed by atoms with Gasteiger partial charge < -0.3 is 25.6 Å². The van der Waals surface area contributed by atoms with Gasteiger partial charge in [-0.25, -0.2) is 9.18 Å². The number of nitrogens with one attached hydrogen (secondary N) is 1. The summed E-state index contributed by atoms with van der Waals surface area (Å²) in [5.41, 5.74) is 6.45. The summed E-state index contributed by atoms with van der Waals surface area (Å²) in [5.74, 6) is -0.665. The Balaban J connectivity index is 1.59. The fraction of sp³-hybridized carbons (Fsp3) is 0.400. The highest BCUT2D eigenvalue weighted by Crippen LogP contribution is 2.28. The zero-order chi connectivity index (χ0) is 26.4. The average molecular weight is 520 g/mol. The van der Waals surface area contributed by atoms with Crippen molar-refractivity contribution >= 4 is 35.1 Å². The molecular formula is C25H31ClFN5O4. The molecule has 4 amide bonds. The zero-order valence-electron chi connectivity index (χ0n) is 20.5. The highest BCUT2D eigenvalue weighted by Gasteiger charge is 2.32. The SMILES string of the molecule is C[C@@H]1CN(C(=O)COc2ccc(Cl)cc2NC(=O)CN(C)C(N)=O)[C@@H](C)CN1Cc1ccc(F)cc1. The van der Waals surface area contributed by atoms with Crippen LogP contribution >= 0.6 is 11.6 Å². The van der Waals surface area contributed by atoms with E-state index < -0.39 is 11.9 Å². The Morgan fingerprint density at radius 1 is 1.14 bits per heavy atom. The number of halogens is 2. The third-order valence-electron chi connectivity index (χ3n) is 6.06. The van der Waals surface area contributed by atoms with E-state index in [-0.39, 0.29) is 48.4 Å². The number of likely N-dealkylation sites (N-methyl/N-ethyl adjacent to an activating group) is 1. The fourth-order valence-electron chi connectivity index (χ4n) is 4.02. The van der Waals surface area contributed by atoms with Crippen molar-refractivity contribution in [1.82, 2.24) is 14.7 Å². The van der Waals surface area contributed by atoms with Crippen LogP contribution in [0.25, 0.3) is 0 Å². The molecule has 9 nitrogen and oxygen atoms in total. The molecule has 36 heavy (non-hydrogen) atoms. The number of ether oxygens (including phenoxy) is 1. The van der Waals surface area contributed by atoms with Crippen molar-refractivity contribution in [3.8, 4) is 5.75 Å². The highest BCUT2D eigenvalue weighted by atomic mass is 35.5. The van der Waals surface area contributed by atoms with Gasteiger partial charge >= 0.3 is 6.03 Å². The van der Waals surface area contributed by atoms with E-state index in [4.69, 9.17) is 22.1 Å². The van der Waals surface area contributed by atoms with Crippen molar-refractivity contribution in [2.24, 2.45) is 5.73 Å². The van der Waals surface area contributed by atoms with Gasteiger partial charge in [0.1, 0.15) is 18.1 Å². The number of hydrogen-bond acceptors (Lipinski definition) is 5. The number of rotatable bonds is 8. The average Bonchev–Trinajstić information content (AvgIpc) is 2.81. The Labute approximate surface area is 214 Å². The van der Waals surface area contributed by atoms with Crippen molar-refractivity contribution in [2.45, 2.75) is 32.5 Å². The third kappa shape index (κ3) is 7.32. The monoisotopic (exact) mass is 519 g/mol. The van der Waals surface area contributed by atoms with Gasteiger partial charge in [-0.15, -0.1) is 0 Å². The van der Waals surface area contributed by atoms with E-state index in [0.29, 0.717) is 24.7 Å². The van der Waals surface area contributed by atoms with E-state index in [9.17, 15) is 18.8 Å². The van der Waals surface area contributed by atoms with Crippen molar-refractivity contribution in [3.63, 3.8) is 0 Å². The maximum absolute atomic E-state index is 13.2. The van der Waals surface area contributed by atoms with Crippen LogP contribution in [0, 0.1) is 5.82 Å². The lowest BCUT2D eigenvalue weighted by atomic mass is 10.1. The normalized spacial score (nSPS) is 18.0.